The van der Waals surface area contributed by atoms with Crippen molar-refractivity contribution in [2.45, 2.75) is 52.1 Å². The van der Waals surface area contributed by atoms with Gasteiger partial charge in [0.1, 0.15) is 24.7 Å². The second kappa shape index (κ2) is 14.5. The Bertz CT molecular complexity index is 1010. The third-order valence-corrected chi connectivity index (χ3v) is 6.93. The minimum Gasteiger partial charge on any atom is -0.493 e. The number of carbonyl (C=O) groups excluding carboxylic acids is 1. The lowest BCUT2D eigenvalue weighted by molar-refractivity contribution is -0.147. The third-order valence-electron chi connectivity index (χ3n) is 6.36. The van der Waals surface area contributed by atoms with E-state index in [9.17, 15) is 4.79 Å². The van der Waals surface area contributed by atoms with Crippen LogP contribution in [0.3, 0.4) is 0 Å². The topological polar surface area (TPSA) is 60.4 Å². The molecule has 2 aromatic carbocycles. The van der Waals surface area contributed by atoms with Crippen LogP contribution in [-0.4, -0.2) is 56.0 Å². The SMILES string of the molecule is CCCC[C@H](CN1CCC(COc2ccc(/C(=N/OC)c3ccc(Cl)cc3)c(Cl)c2)CC1)OC(C)=O. The summed E-state index contributed by atoms with van der Waals surface area (Å²) in [4.78, 5) is 18.9. The van der Waals surface area contributed by atoms with Gasteiger partial charge in [-0.2, -0.15) is 0 Å². The largest absolute Gasteiger partial charge is 0.493 e. The molecule has 8 heteroatoms. The summed E-state index contributed by atoms with van der Waals surface area (Å²) < 4.78 is 11.6. The minimum atomic E-state index is -0.196. The molecule has 1 fully saturated rings. The lowest BCUT2D eigenvalue weighted by atomic mass is 9.97. The van der Waals surface area contributed by atoms with Gasteiger partial charge < -0.3 is 14.3 Å². The van der Waals surface area contributed by atoms with E-state index in [4.69, 9.17) is 37.5 Å². The Hall–Kier alpha value is -2.28. The first-order valence-corrected chi connectivity index (χ1v) is 13.3. The van der Waals surface area contributed by atoms with Crippen LogP contribution in [0.15, 0.2) is 47.6 Å². The molecule has 1 atom stereocenters. The molecule has 1 aliphatic heterocycles. The second-order valence-electron chi connectivity index (χ2n) is 9.20. The molecule has 0 N–H and O–H groups in total. The molecule has 1 aliphatic rings. The third kappa shape index (κ3) is 8.68. The van der Waals surface area contributed by atoms with Gasteiger partial charge in [-0.3, -0.25) is 9.69 Å². The van der Waals surface area contributed by atoms with Gasteiger partial charge in [-0.05, 0) is 75.0 Å². The van der Waals surface area contributed by atoms with Crippen LogP contribution in [0.2, 0.25) is 10.0 Å². The van der Waals surface area contributed by atoms with E-state index in [-0.39, 0.29) is 12.1 Å². The van der Waals surface area contributed by atoms with Crippen molar-refractivity contribution < 1.29 is 19.1 Å². The van der Waals surface area contributed by atoms with Crippen LogP contribution in [0.1, 0.15) is 57.1 Å². The lowest BCUT2D eigenvalue weighted by Gasteiger charge is -2.34. The summed E-state index contributed by atoms with van der Waals surface area (Å²) in [6, 6.07) is 13.0. The molecule has 0 amide bonds. The first kappa shape index (κ1) is 28.3. The van der Waals surface area contributed by atoms with Crippen molar-refractivity contribution in [1.29, 1.82) is 0 Å². The Labute approximate surface area is 224 Å². The smallest absolute Gasteiger partial charge is 0.302 e. The average Bonchev–Trinajstić information content (AvgIpc) is 2.86. The fraction of sp³-hybridized carbons (Fsp3) is 0.500. The van der Waals surface area contributed by atoms with Gasteiger partial charge in [0, 0.05) is 29.6 Å². The maximum Gasteiger partial charge on any atom is 0.302 e. The summed E-state index contributed by atoms with van der Waals surface area (Å²) in [5, 5.41) is 5.37. The number of benzene rings is 2. The van der Waals surface area contributed by atoms with Crippen molar-refractivity contribution in [3.05, 3.63) is 63.6 Å². The van der Waals surface area contributed by atoms with Crippen molar-refractivity contribution in [2.75, 3.05) is 33.4 Å². The monoisotopic (exact) mass is 534 g/mol. The van der Waals surface area contributed by atoms with Gasteiger partial charge in [-0.15, -0.1) is 0 Å². The highest BCUT2D eigenvalue weighted by atomic mass is 35.5. The molecule has 3 rings (SSSR count). The number of halogens is 2. The Balaban J connectivity index is 1.53. The molecule has 1 saturated heterocycles. The second-order valence-corrected chi connectivity index (χ2v) is 10.0. The minimum absolute atomic E-state index is 0.0182. The van der Waals surface area contributed by atoms with Gasteiger partial charge in [0.25, 0.3) is 0 Å². The number of esters is 1. The highest BCUT2D eigenvalue weighted by Crippen LogP contribution is 2.27. The lowest BCUT2D eigenvalue weighted by Crippen LogP contribution is -2.41. The van der Waals surface area contributed by atoms with Crippen LogP contribution in [0.5, 0.6) is 5.75 Å². The predicted octanol–water partition coefficient (Wildman–Crippen LogP) is 6.60. The van der Waals surface area contributed by atoms with Gasteiger partial charge in [0.05, 0.1) is 11.6 Å². The molecule has 0 saturated carbocycles. The highest BCUT2D eigenvalue weighted by molar-refractivity contribution is 6.35. The molecule has 0 aromatic heterocycles. The van der Waals surface area contributed by atoms with Crippen LogP contribution >= 0.6 is 23.2 Å². The Morgan fingerprint density at radius 1 is 1.14 bits per heavy atom. The molecule has 36 heavy (non-hydrogen) atoms. The van der Waals surface area contributed by atoms with E-state index < -0.39 is 0 Å². The number of carbonyl (C=O) groups is 1. The maximum atomic E-state index is 11.4. The number of likely N-dealkylation sites (tertiary alicyclic amines) is 1. The molecule has 196 valence electrons. The van der Waals surface area contributed by atoms with Gasteiger partial charge in [-0.1, -0.05) is 53.8 Å². The van der Waals surface area contributed by atoms with Crippen LogP contribution in [-0.2, 0) is 14.4 Å². The molecule has 0 unspecified atom stereocenters. The summed E-state index contributed by atoms with van der Waals surface area (Å²) in [5.74, 6) is 1.01. The Kier molecular flexibility index (Phi) is 11.4. The molecular formula is C28H36Cl2N2O4. The van der Waals surface area contributed by atoms with Crippen molar-refractivity contribution in [3.8, 4) is 5.75 Å². The van der Waals surface area contributed by atoms with Crippen molar-refractivity contribution in [2.24, 2.45) is 11.1 Å². The fourth-order valence-corrected chi connectivity index (χ4v) is 4.81. The van der Waals surface area contributed by atoms with E-state index in [1.165, 1.54) is 14.0 Å². The molecular weight excluding hydrogens is 499 g/mol. The number of nitrogens with zero attached hydrogens (tertiary/aromatic N) is 2. The van der Waals surface area contributed by atoms with E-state index in [0.717, 1.165) is 68.6 Å². The van der Waals surface area contributed by atoms with Crippen molar-refractivity contribution in [1.82, 2.24) is 4.90 Å². The summed E-state index contributed by atoms with van der Waals surface area (Å²) in [6.07, 6.45) is 5.17. The standard InChI is InChI=1S/C28H36Cl2N2O4/c1-4-5-6-25(36-20(2)33)18-32-15-13-21(14-16-32)19-35-24-11-12-26(27(30)17-24)28(31-34-3)22-7-9-23(29)10-8-22/h7-12,17,21,25H,4-6,13-16,18-19H2,1-3H3/b31-28+/t25-/m1/s1. The first-order chi connectivity index (χ1) is 17.4. The maximum absolute atomic E-state index is 11.4. The number of oxime groups is 1. The summed E-state index contributed by atoms with van der Waals surface area (Å²) in [5.41, 5.74) is 2.24. The number of unbranched alkanes of at least 4 members (excludes halogenated alkanes) is 1. The van der Waals surface area contributed by atoms with Crippen LogP contribution in [0, 0.1) is 5.92 Å². The van der Waals surface area contributed by atoms with E-state index in [2.05, 4.69) is 17.0 Å². The van der Waals surface area contributed by atoms with Gasteiger partial charge in [0.15, 0.2) is 0 Å². The zero-order chi connectivity index (χ0) is 25.9. The van der Waals surface area contributed by atoms with E-state index in [0.29, 0.717) is 28.3 Å². The van der Waals surface area contributed by atoms with Gasteiger partial charge in [-0.25, -0.2) is 0 Å². The number of ether oxygens (including phenoxy) is 2. The van der Waals surface area contributed by atoms with Gasteiger partial charge in [0.2, 0.25) is 0 Å². The summed E-state index contributed by atoms with van der Waals surface area (Å²) in [6.45, 7) is 7.06. The molecule has 0 spiro atoms. The van der Waals surface area contributed by atoms with Crippen molar-refractivity contribution >= 4 is 34.9 Å². The molecule has 6 nitrogen and oxygen atoms in total. The Morgan fingerprint density at radius 2 is 1.86 bits per heavy atom. The quantitative estimate of drug-likeness (QED) is 0.174. The fourth-order valence-electron chi connectivity index (χ4n) is 4.43. The van der Waals surface area contributed by atoms with E-state index >= 15 is 0 Å². The molecule has 2 aromatic rings. The van der Waals surface area contributed by atoms with E-state index in [1.54, 1.807) is 12.1 Å². The highest BCUT2D eigenvalue weighted by Gasteiger charge is 2.23. The summed E-state index contributed by atoms with van der Waals surface area (Å²) in [7, 11) is 1.51. The zero-order valence-electron chi connectivity index (χ0n) is 21.3. The van der Waals surface area contributed by atoms with Gasteiger partial charge >= 0.3 is 5.97 Å². The predicted molar refractivity (Wildman–Crippen MR) is 145 cm³/mol. The molecule has 0 aliphatic carbocycles. The average molecular weight is 536 g/mol. The van der Waals surface area contributed by atoms with Crippen LogP contribution < -0.4 is 4.74 Å². The normalized spacial score (nSPS) is 16.0. The number of rotatable bonds is 12. The number of hydrogen-bond donors (Lipinski definition) is 0. The molecule has 0 radical (unpaired) electrons. The molecule has 0 bridgehead atoms. The zero-order valence-corrected chi connectivity index (χ0v) is 22.9. The molecule has 1 heterocycles. The van der Waals surface area contributed by atoms with Crippen LogP contribution in [0.25, 0.3) is 0 Å². The Morgan fingerprint density at radius 3 is 2.47 bits per heavy atom. The van der Waals surface area contributed by atoms with E-state index in [1.807, 2.05) is 30.3 Å². The number of hydrogen-bond acceptors (Lipinski definition) is 6. The first-order valence-electron chi connectivity index (χ1n) is 12.6. The van der Waals surface area contributed by atoms with Crippen molar-refractivity contribution in [3.63, 3.8) is 0 Å². The summed E-state index contributed by atoms with van der Waals surface area (Å²) >= 11 is 12.6. The number of piperidine rings is 1. The van der Waals surface area contributed by atoms with Crippen LogP contribution in [0.4, 0.5) is 0 Å².